The van der Waals surface area contributed by atoms with Crippen molar-refractivity contribution in [1.82, 2.24) is 35.5 Å². The quantitative estimate of drug-likeness (QED) is 0.0381. The van der Waals surface area contributed by atoms with E-state index in [1.54, 1.807) is 6.92 Å². The molecule has 0 aliphatic heterocycles. The second-order valence-electron chi connectivity index (χ2n) is 11.8. The number of fused-ring (bicyclic) bond motifs is 1. The molecule has 54 heavy (non-hydrogen) atoms. The Kier molecular flexibility index (Phi) is 13.7. The van der Waals surface area contributed by atoms with Crippen LogP contribution in [0.1, 0.15) is 30.5 Å². The molecule has 2 heterocycles. The van der Waals surface area contributed by atoms with Crippen LogP contribution in [0.3, 0.4) is 0 Å². The molecule has 17 nitrogen and oxygen atoms in total. The van der Waals surface area contributed by atoms with Gasteiger partial charge in [-0.15, -0.1) is 0 Å². The fourth-order valence-electron chi connectivity index (χ4n) is 4.96. The highest BCUT2D eigenvalue weighted by atomic mass is 16.6. The second-order valence-corrected chi connectivity index (χ2v) is 11.8. The maximum atomic E-state index is 12.9. The van der Waals surface area contributed by atoms with E-state index in [9.17, 15) is 19.2 Å². The summed E-state index contributed by atoms with van der Waals surface area (Å²) in [7, 11) is 0. The van der Waals surface area contributed by atoms with Gasteiger partial charge in [0.05, 0.1) is 12.9 Å². The van der Waals surface area contributed by atoms with Gasteiger partial charge in [0.25, 0.3) is 0 Å². The van der Waals surface area contributed by atoms with E-state index in [1.165, 1.54) is 17.8 Å². The third kappa shape index (κ3) is 11.9. The molecule has 5 aromatic rings. The first kappa shape index (κ1) is 38.5. The summed E-state index contributed by atoms with van der Waals surface area (Å²) in [5, 5.41) is 14.0. The number of alkyl carbamates (subject to hydrolysis) is 2. The van der Waals surface area contributed by atoms with Crippen LogP contribution in [0.25, 0.3) is 11.2 Å². The number of nitrogens with zero attached hydrogens (tertiary/aromatic N) is 4. The molecule has 0 saturated heterocycles. The molecule has 0 fully saturated rings. The number of benzene rings is 3. The summed E-state index contributed by atoms with van der Waals surface area (Å²) in [5.74, 6) is -1.94. The van der Waals surface area contributed by atoms with E-state index in [0.717, 1.165) is 16.7 Å². The number of aromatic nitrogens is 4. The Morgan fingerprint density at radius 1 is 0.685 bits per heavy atom. The number of carbonyl (C=O) groups excluding carboxylic acids is 4. The topological polar surface area (TPSA) is 209 Å². The number of carbonyl (C=O) groups is 4. The van der Waals surface area contributed by atoms with Gasteiger partial charge in [-0.25, -0.2) is 19.4 Å². The summed E-state index contributed by atoms with van der Waals surface area (Å²) in [6, 6.07) is 27.4. The SMILES string of the molecule is CCOC(=O)Cn1cnc2c(NC(=O)OCc3ccccc3)nc(NCCNC(C)(NC(=O)OCc3ccccc3)NC(=O)OCc3ccccc3)nc21. The van der Waals surface area contributed by atoms with Gasteiger partial charge in [0.1, 0.15) is 26.4 Å². The van der Waals surface area contributed by atoms with Crippen LogP contribution in [0, 0.1) is 0 Å². The number of esters is 1. The second kappa shape index (κ2) is 19.2. The van der Waals surface area contributed by atoms with E-state index in [0.29, 0.717) is 0 Å². The predicted octanol–water partition coefficient (Wildman–Crippen LogP) is 4.67. The highest BCUT2D eigenvalue weighted by Crippen LogP contribution is 2.21. The molecule has 0 bridgehead atoms. The minimum Gasteiger partial charge on any atom is -0.465 e. The molecule has 282 valence electrons. The molecule has 5 N–H and O–H groups in total. The van der Waals surface area contributed by atoms with Crippen LogP contribution in [-0.2, 0) is 50.1 Å². The van der Waals surface area contributed by atoms with Crippen LogP contribution >= 0.6 is 0 Å². The van der Waals surface area contributed by atoms with Crippen molar-refractivity contribution in [2.75, 3.05) is 30.3 Å². The zero-order chi connectivity index (χ0) is 38.2. The number of hydrogen-bond donors (Lipinski definition) is 5. The third-order valence-electron chi connectivity index (χ3n) is 7.52. The van der Waals surface area contributed by atoms with Crippen molar-refractivity contribution in [1.29, 1.82) is 0 Å². The van der Waals surface area contributed by atoms with E-state index >= 15 is 0 Å². The molecular weight excluding hydrogens is 698 g/mol. The zero-order valence-electron chi connectivity index (χ0n) is 29.7. The molecule has 0 saturated carbocycles. The lowest BCUT2D eigenvalue weighted by molar-refractivity contribution is -0.143. The third-order valence-corrected chi connectivity index (χ3v) is 7.52. The Hall–Kier alpha value is -6.75. The van der Waals surface area contributed by atoms with Crippen LogP contribution in [-0.4, -0.2) is 69.3 Å². The van der Waals surface area contributed by atoms with Gasteiger partial charge >= 0.3 is 24.2 Å². The number of rotatable bonds is 17. The van der Waals surface area contributed by atoms with Crippen molar-refractivity contribution in [3.8, 4) is 0 Å². The first-order valence-electron chi connectivity index (χ1n) is 17.0. The number of ether oxygens (including phenoxy) is 4. The molecular formula is C37H41N9O8. The largest absolute Gasteiger partial charge is 0.465 e. The van der Waals surface area contributed by atoms with Gasteiger partial charge in [-0.2, -0.15) is 9.97 Å². The molecule has 3 amide bonds. The summed E-state index contributed by atoms with van der Waals surface area (Å²) >= 11 is 0. The lowest BCUT2D eigenvalue weighted by Crippen LogP contribution is -2.67. The van der Waals surface area contributed by atoms with Gasteiger partial charge in [-0.1, -0.05) is 91.0 Å². The van der Waals surface area contributed by atoms with Crippen LogP contribution in [0.2, 0.25) is 0 Å². The smallest absolute Gasteiger partial charge is 0.413 e. The van der Waals surface area contributed by atoms with Crippen molar-refractivity contribution in [3.63, 3.8) is 0 Å². The Labute approximate surface area is 310 Å². The van der Waals surface area contributed by atoms with Crippen LogP contribution in [0.15, 0.2) is 97.3 Å². The lowest BCUT2D eigenvalue weighted by Gasteiger charge is -2.32. The van der Waals surface area contributed by atoms with Gasteiger partial charge in [0, 0.05) is 13.1 Å². The molecule has 0 unspecified atom stereocenters. The molecule has 3 aromatic carbocycles. The average molecular weight is 740 g/mol. The molecule has 0 aliphatic rings. The molecule has 0 spiro atoms. The minimum absolute atomic E-state index is 0.00545. The van der Waals surface area contributed by atoms with Crippen molar-refractivity contribution in [2.24, 2.45) is 0 Å². The number of amides is 3. The van der Waals surface area contributed by atoms with Crippen molar-refractivity contribution in [2.45, 2.75) is 46.0 Å². The van der Waals surface area contributed by atoms with Crippen LogP contribution in [0.4, 0.5) is 26.1 Å². The van der Waals surface area contributed by atoms with E-state index in [2.05, 4.69) is 41.5 Å². The molecule has 5 rings (SSSR count). The Bertz CT molecular complexity index is 1940. The maximum Gasteiger partial charge on any atom is 0.413 e. The Morgan fingerprint density at radius 3 is 1.72 bits per heavy atom. The first-order chi connectivity index (χ1) is 26.2. The van der Waals surface area contributed by atoms with Crippen molar-refractivity contribution >= 4 is 47.2 Å². The normalized spacial score (nSPS) is 10.9. The summed E-state index contributed by atoms with van der Waals surface area (Å²) < 4.78 is 22.7. The highest BCUT2D eigenvalue weighted by molar-refractivity contribution is 5.94. The fourth-order valence-corrected chi connectivity index (χ4v) is 4.96. The molecule has 0 atom stereocenters. The maximum absolute atomic E-state index is 12.9. The first-order valence-corrected chi connectivity index (χ1v) is 17.0. The fraction of sp³-hybridized carbons (Fsp3) is 0.270. The summed E-state index contributed by atoms with van der Waals surface area (Å²) in [6.07, 6.45) is -0.997. The summed E-state index contributed by atoms with van der Waals surface area (Å²) in [4.78, 5) is 64.1. The van der Waals surface area contributed by atoms with E-state index in [-0.39, 0.29) is 69.0 Å². The number of nitrogens with one attached hydrogen (secondary N) is 5. The molecule has 0 aliphatic carbocycles. The number of anilines is 2. The zero-order valence-corrected chi connectivity index (χ0v) is 29.7. The Balaban J connectivity index is 1.26. The van der Waals surface area contributed by atoms with Crippen LogP contribution < -0.4 is 26.6 Å². The lowest BCUT2D eigenvalue weighted by atomic mass is 10.2. The molecule has 2 aromatic heterocycles. The van der Waals surface area contributed by atoms with Crippen molar-refractivity contribution < 1.29 is 38.1 Å². The minimum atomic E-state index is -1.54. The predicted molar refractivity (Wildman–Crippen MR) is 197 cm³/mol. The van der Waals surface area contributed by atoms with Gasteiger partial charge in [-0.05, 0) is 30.5 Å². The molecule has 0 radical (unpaired) electrons. The molecule has 17 heteroatoms. The van der Waals surface area contributed by atoms with E-state index < -0.39 is 30.0 Å². The van der Waals surface area contributed by atoms with Crippen LogP contribution in [0.5, 0.6) is 0 Å². The number of hydrogen-bond acceptors (Lipinski definition) is 13. The van der Waals surface area contributed by atoms with Crippen molar-refractivity contribution in [3.05, 3.63) is 114 Å². The number of imidazole rings is 1. The summed E-state index contributed by atoms with van der Waals surface area (Å²) in [5.41, 5.74) is 2.80. The van der Waals surface area contributed by atoms with E-state index in [4.69, 9.17) is 18.9 Å². The highest BCUT2D eigenvalue weighted by Gasteiger charge is 2.29. The summed E-state index contributed by atoms with van der Waals surface area (Å²) in [6.45, 7) is 3.54. The Morgan fingerprint density at radius 2 is 1.20 bits per heavy atom. The monoisotopic (exact) mass is 739 g/mol. The van der Waals surface area contributed by atoms with Gasteiger partial charge in [0.15, 0.2) is 22.8 Å². The standard InChI is InChI=1S/C37H41N9O8/c1-3-51-29(47)21-46-25-39-30-31(42-34(48)52-22-26-13-7-4-8-14-26)41-33(43-32(30)46)38-19-20-40-37(2,44-35(49)53-23-27-15-9-5-10-16-27)45-36(50)54-24-28-17-11-6-12-18-28/h4-18,25,40H,3,19-24H2,1-2H3,(H,44,49)(H,45,50)(H2,38,41,42,43,48). The van der Waals surface area contributed by atoms with Gasteiger partial charge in [-0.3, -0.25) is 26.1 Å². The van der Waals surface area contributed by atoms with Gasteiger partial charge < -0.3 is 28.8 Å². The van der Waals surface area contributed by atoms with Gasteiger partial charge in [0.2, 0.25) is 5.95 Å². The average Bonchev–Trinajstić information content (AvgIpc) is 3.57. The van der Waals surface area contributed by atoms with E-state index in [1.807, 2.05) is 91.0 Å².